The highest BCUT2D eigenvalue weighted by Gasteiger charge is 2.20. The Labute approximate surface area is 206 Å². The summed E-state index contributed by atoms with van der Waals surface area (Å²) in [5.41, 5.74) is 2.14. The second-order valence-corrected chi connectivity index (χ2v) is 9.90. The first-order valence-corrected chi connectivity index (χ1v) is 13.5. The van der Waals surface area contributed by atoms with E-state index in [1.54, 1.807) is 11.3 Å². The number of anilines is 1. The van der Waals surface area contributed by atoms with Gasteiger partial charge in [0.05, 0.1) is 23.6 Å². The van der Waals surface area contributed by atoms with Gasteiger partial charge in [0.1, 0.15) is 11.6 Å². The molecule has 4 heterocycles. The number of hydrogen-bond donors (Lipinski definition) is 0. The predicted octanol–water partition coefficient (Wildman–Crippen LogP) is 5.42. The summed E-state index contributed by atoms with van der Waals surface area (Å²) >= 11 is 1.79. The summed E-state index contributed by atoms with van der Waals surface area (Å²) < 4.78 is 18.6. The van der Waals surface area contributed by atoms with Crippen LogP contribution in [0.2, 0.25) is 0 Å². The first kappa shape index (κ1) is 23.5. The Morgan fingerprint density at radius 1 is 1.06 bits per heavy atom. The van der Waals surface area contributed by atoms with E-state index in [1.165, 1.54) is 16.5 Å². The second kappa shape index (κ2) is 11.5. The van der Waals surface area contributed by atoms with Gasteiger partial charge in [0.2, 0.25) is 0 Å². The van der Waals surface area contributed by atoms with Gasteiger partial charge in [0.25, 0.3) is 0 Å². The van der Waals surface area contributed by atoms with Crippen LogP contribution in [0.4, 0.5) is 5.82 Å². The van der Waals surface area contributed by atoms with Crippen molar-refractivity contribution >= 4 is 27.2 Å². The standard InChI is InChI=1S/C27H35N3O3S/c1-2-29-12-14-30(15-13-29)27-26-22(11-19-34-26)20-24(28-27)21-7-9-23(10-8-21)31-17-5-18-33-25-6-3-4-16-32-25/h7-11,19-20,25H,2-6,12-18H2,1H3. The highest BCUT2D eigenvalue weighted by Crippen LogP contribution is 2.34. The van der Waals surface area contributed by atoms with E-state index < -0.39 is 0 Å². The molecule has 1 unspecified atom stereocenters. The fraction of sp³-hybridized carbons (Fsp3) is 0.519. The molecule has 3 aromatic rings. The zero-order valence-electron chi connectivity index (χ0n) is 20.1. The maximum absolute atomic E-state index is 5.93. The largest absolute Gasteiger partial charge is 0.494 e. The van der Waals surface area contributed by atoms with Gasteiger partial charge in [-0.3, -0.25) is 0 Å². The number of nitrogens with zero attached hydrogens (tertiary/aromatic N) is 3. The van der Waals surface area contributed by atoms with Crippen molar-refractivity contribution in [2.75, 3.05) is 57.4 Å². The fourth-order valence-corrected chi connectivity index (χ4v) is 5.52. The fourth-order valence-electron chi connectivity index (χ4n) is 4.63. The lowest BCUT2D eigenvalue weighted by Crippen LogP contribution is -2.46. The predicted molar refractivity (Wildman–Crippen MR) is 139 cm³/mol. The van der Waals surface area contributed by atoms with Gasteiger partial charge in [-0.2, -0.15) is 0 Å². The Morgan fingerprint density at radius 2 is 1.91 bits per heavy atom. The average molecular weight is 482 g/mol. The molecular formula is C27H35N3O3S. The summed E-state index contributed by atoms with van der Waals surface area (Å²) in [4.78, 5) is 10.1. The van der Waals surface area contributed by atoms with E-state index in [1.807, 2.05) is 12.1 Å². The molecule has 2 aromatic heterocycles. The zero-order valence-corrected chi connectivity index (χ0v) is 20.9. The molecule has 2 aliphatic rings. The minimum Gasteiger partial charge on any atom is -0.494 e. The Hall–Kier alpha value is -2.19. The van der Waals surface area contributed by atoms with Crippen LogP contribution in [-0.4, -0.2) is 68.7 Å². The number of thiophene rings is 1. The van der Waals surface area contributed by atoms with Crippen LogP contribution in [0.1, 0.15) is 32.6 Å². The summed E-state index contributed by atoms with van der Waals surface area (Å²) in [6.45, 7) is 9.73. The van der Waals surface area contributed by atoms with E-state index in [0.717, 1.165) is 81.4 Å². The maximum atomic E-state index is 5.93. The summed E-state index contributed by atoms with van der Waals surface area (Å²) in [5.74, 6) is 2.01. The SMILES string of the molecule is CCN1CCN(c2nc(-c3ccc(OCCCOC4CCCCO4)cc3)cc3ccsc23)CC1. The Kier molecular flexibility index (Phi) is 7.96. The van der Waals surface area contributed by atoms with Crippen molar-refractivity contribution in [1.82, 2.24) is 9.88 Å². The third-order valence-electron chi connectivity index (χ3n) is 6.69. The highest BCUT2D eigenvalue weighted by atomic mass is 32.1. The van der Waals surface area contributed by atoms with Crippen LogP contribution in [0, 0.1) is 0 Å². The molecule has 0 bridgehead atoms. The number of aromatic nitrogens is 1. The third-order valence-corrected chi connectivity index (χ3v) is 7.61. The van der Waals surface area contributed by atoms with E-state index in [4.69, 9.17) is 19.2 Å². The van der Waals surface area contributed by atoms with E-state index in [-0.39, 0.29) is 6.29 Å². The first-order valence-electron chi connectivity index (χ1n) is 12.6. The topological polar surface area (TPSA) is 47.1 Å². The molecule has 2 aliphatic heterocycles. The van der Waals surface area contributed by atoms with Gasteiger partial charge in [0.15, 0.2) is 6.29 Å². The average Bonchev–Trinajstić information content (AvgIpc) is 3.38. The zero-order chi connectivity index (χ0) is 23.2. The van der Waals surface area contributed by atoms with Crippen molar-refractivity contribution in [2.45, 2.75) is 38.9 Å². The summed E-state index contributed by atoms with van der Waals surface area (Å²) in [7, 11) is 0. The molecule has 1 aromatic carbocycles. The van der Waals surface area contributed by atoms with Crippen LogP contribution in [0.3, 0.4) is 0 Å². The molecule has 0 N–H and O–H groups in total. The molecule has 0 saturated carbocycles. The van der Waals surface area contributed by atoms with Crippen LogP contribution in [0.15, 0.2) is 41.8 Å². The van der Waals surface area contributed by atoms with Gasteiger partial charge < -0.3 is 24.0 Å². The molecule has 0 radical (unpaired) electrons. The Morgan fingerprint density at radius 3 is 2.68 bits per heavy atom. The van der Waals surface area contributed by atoms with Crippen molar-refractivity contribution in [3.63, 3.8) is 0 Å². The van der Waals surface area contributed by atoms with Gasteiger partial charge >= 0.3 is 0 Å². The van der Waals surface area contributed by atoms with Crippen molar-refractivity contribution in [2.24, 2.45) is 0 Å². The van der Waals surface area contributed by atoms with Gasteiger partial charge in [-0.15, -0.1) is 11.3 Å². The number of hydrogen-bond acceptors (Lipinski definition) is 7. The lowest BCUT2D eigenvalue weighted by atomic mass is 10.1. The van der Waals surface area contributed by atoms with Crippen LogP contribution < -0.4 is 9.64 Å². The Balaban J connectivity index is 1.20. The van der Waals surface area contributed by atoms with Crippen molar-refractivity contribution in [1.29, 1.82) is 0 Å². The van der Waals surface area contributed by atoms with Crippen molar-refractivity contribution in [3.05, 3.63) is 41.8 Å². The Bertz CT molecular complexity index is 1040. The molecule has 0 aliphatic carbocycles. The van der Waals surface area contributed by atoms with Gasteiger partial charge in [-0.25, -0.2) is 4.98 Å². The molecule has 182 valence electrons. The molecule has 0 spiro atoms. The molecule has 5 rings (SSSR count). The molecular weight excluding hydrogens is 446 g/mol. The molecule has 6 nitrogen and oxygen atoms in total. The number of likely N-dealkylation sites (N-methyl/N-ethyl adjacent to an activating group) is 1. The number of piperazine rings is 1. The van der Waals surface area contributed by atoms with E-state index in [2.05, 4.69) is 46.4 Å². The smallest absolute Gasteiger partial charge is 0.157 e. The lowest BCUT2D eigenvalue weighted by molar-refractivity contribution is -0.163. The van der Waals surface area contributed by atoms with Crippen LogP contribution >= 0.6 is 11.3 Å². The number of benzene rings is 1. The van der Waals surface area contributed by atoms with Gasteiger partial charge in [-0.05, 0) is 73.0 Å². The van der Waals surface area contributed by atoms with Gasteiger partial charge in [0, 0.05) is 44.8 Å². The molecule has 2 saturated heterocycles. The number of fused-ring (bicyclic) bond motifs is 1. The lowest BCUT2D eigenvalue weighted by Gasteiger charge is -2.35. The van der Waals surface area contributed by atoms with Crippen molar-refractivity contribution in [3.8, 4) is 17.0 Å². The molecule has 34 heavy (non-hydrogen) atoms. The van der Waals surface area contributed by atoms with E-state index >= 15 is 0 Å². The summed E-state index contributed by atoms with van der Waals surface area (Å²) in [5, 5.41) is 3.44. The van der Waals surface area contributed by atoms with Crippen LogP contribution in [0.25, 0.3) is 21.3 Å². The molecule has 1 atom stereocenters. The molecule has 2 fully saturated rings. The van der Waals surface area contributed by atoms with Crippen LogP contribution in [-0.2, 0) is 9.47 Å². The third kappa shape index (κ3) is 5.71. The first-order chi connectivity index (χ1) is 16.8. The summed E-state index contributed by atoms with van der Waals surface area (Å²) in [6, 6.07) is 12.7. The summed E-state index contributed by atoms with van der Waals surface area (Å²) in [6.07, 6.45) is 4.17. The monoisotopic (exact) mass is 481 g/mol. The van der Waals surface area contributed by atoms with Crippen LogP contribution in [0.5, 0.6) is 5.75 Å². The number of pyridine rings is 1. The minimum atomic E-state index is -0.0264. The number of rotatable bonds is 9. The molecule has 7 heteroatoms. The number of ether oxygens (including phenoxy) is 3. The normalized spacial score (nSPS) is 19.6. The van der Waals surface area contributed by atoms with Gasteiger partial charge in [-0.1, -0.05) is 6.92 Å². The minimum absolute atomic E-state index is 0.0264. The maximum Gasteiger partial charge on any atom is 0.157 e. The quantitative estimate of drug-likeness (QED) is 0.381. The van der Waals surface area contributed by atoms with E-state index in [0.29, 0.717) is 13.2 Å². The second-order valence-electron chi connectivity index (χ2n) is 8.98. The van der Waals surface area contributed by atoms with E-state index in [9.17, 15) is 0 Å². The van der Waals surface area contributed by atoms with Crippen molar-refractivity contribution < 1.29 is 14.2 Å². The highest BCUT2D eigenvalue weighted by molar-refractivity contribution is 7.17. The molecule has 0 amide bonds.